The second kappa shape index (κ2) is 11.8. The lowest BCUT2D eigenvalue weighted by Gasteiger charge is -2.40. The normalized spacial score (nSPS) is 21.4. The van der Waals surface area contributed by atoms with Crippen molar-refractivity contribution in [1.29, 1.82) is 0 Å². The first-order chi connectivity index (χ1) is 15.5. The fourth-order valence-electron chi connectivity index (χ4n) is 3.65. The minimum absolute atomic E-state index is 0.102. The minimum atomic E-state index is -0.355. The Morgan fingerprint density at radius 1 is 1.31 bits per heavy atom. The fraction of sp³-hybridized carbons (Fsp3) is 0.739. The Balaban J connectivity index is 1.62. The van der Waals surface area contributed by atoms with Gasteiger partial charge in [0.1, 0.15) is 11.4 Å². The van der Waals surface area contributed by atoms with Gasteiger partial charge in [0.25, 0.3) is 5.91 Å². The van der Waals surface area contributed by atoms with E-state index in [9.17, 15) is 14.3 Å². The number of amides is 1. The first kappa shape index (κ1) is 24.7. The summed E-state index contributed by atoms with van der Waals surface area (Å²) in [5.74, 6) is 0.988. The average Bonchev–Trinajstić information content (AvgIpc) is 3.51. The lowest BCUT2D eigenvalue weighted by Crippen LogP contribution is -2.52. The number of ether oxygens (including phenoxy) is 3. The van der Waals surface area contributed by atoms with E-state index < -0.39 is 0 Å². The van der Waals surface area contributed by atoms with E-state index in [1.807, 2.05) is 19.9 Å². The number of rotatable bonds is 14. The first-order valence-corrected chi connectivity index (χ1v) is 11.4. The number of aromatic nitrogens is 1. The molecule has 3 rings (SSSR count). The van der Waals surface area contributed by atoms with Gasteiger partial charge in [-0.25, -0.2) is 4.98 Å². The molecule has 1 aliphatic carbocycles. The van der Waals surface area contributed by atoms with Crippen LogP contribution in [0.15, 0.2) is 12.1 Å². The molecular weight excluding hydrogens is 417 g/mol. The smallest absolute Gasteiger partial charge is 0.270 e. The van der Waals surface area contributed by atoms with E-state index in [-0.39, 0.29) is 42.9 Å². The number of methoxy groups -OCH3 is 1. The summed E-state index contributed by atoms with van der Waals surface area (Å²) in [7, 11) is 1.69. The molecule has 0 bridgehead atoms. The van der Waals surface area contributed by atoms with Crippen LogP contribution in [-0.4, -0.2) is 81.4 Å². The van der Waals surface area contributed by atoms with Crippen LogP contribution in [0.3, 0.4) is 0 Å². The number of hydrogen-bond acceptors (Lipinski definition) is 7. The quantitative estimate of drug-likeness (QED) is 0.417. The molecule has 9 heteroatoms. The van der Waals surface area contributed by atoms with E-state index in [0.29, 0.717) is 44.0 Å². The third-order valence-corrected chi connectivity index (χ3v) is 6.17. The molecule has 2 fully saturated rings. The molecule has 2 N–H and O–H groups in total. The third-order valence-electron chi connectivity index (χ3n) is 6.17. The number of carbonyl (C=O) groups excluding carboxylic acids is 1. The van der Waals surface area contributed by atoms with Crippen LogP contribution in [0.1, 0.15) is 37.2 Å². The predicted molar refractivity (Wildman–Crippen MR) is 119 cm³/mol. The number of nitrogens with zero attached hydrogens (tertiary/aromatic N) is 2. The Bertz CT molecular complexity index is 744. The zero-order valence-electron chi connectivity index (χ0n) is 19.3. The largest absolute Gasteiger partial charge is 0.476 e. The number of pyridine rings is 1. The zero-order chi connectivity index (χ0) is 23.1. The number of carbonyl (C=O) groups is 1. The molecule has 1 aromatic rings. The Hall–Kier alpha value is -1.97. The molecule has 0 aromatic carbocycles. The van der Waals surface area contributed by atoms with E-state index in [1.54, 1.807) is 13.2 Å². The summed E-state index contributed by atoms with van der Waals surface area (Å²) in [4.78, 5) is 19.3. The number of alkyl halides is 1. The highest BCUT2D eigenvalue weighted by Crippen LogP contribution is 2.40. The molecule has 8 nitrogen and oxygen atoms in total. The summed E-state index contributed by atoms with van der Waals surface area (Å²) in [5, 5.41) is 12.3. The van der Waals surface area contributed by atoms with E-state index in [0.717, 1.165) is 25.2 Å². The topological polar surface area (TPSA) is 93.2 Å². The van der Waals surface area contributed by atoms with Gasteiger partial charge in [0.05, 0.1) is 32.0 Å². The SMILES string of the molecule is COC1CN(c2ccc(C(=O)N[C@H](CO)C(C)C)nc2OC[C@@H]2C[C@@H]2COCCCF)C1. The Labute approximate surface area is 189 Å². The van der Waals surface area contributed by atoms with Crippen LogP contribution in [0.5, 0.6) is 5.88 Å². The van der Waals surface area contributed by atoms with Crippen molar-refractivity contribution in [3.63, 3.8) is 0 Å². The maximum absolute atomic E-state index is 12.7. The van der Waals surface area contributed by atoms with Gasteiger partial charge >= 0.3 is 0 Å². The van der Waals surface area contributed by atoms with Crippen molar-refractivity contribution in [2.45, 2.75) is 38.8 Å². The van der Waals surface area contributed by atoms with Gasteiger partial charge in [0.2, 0.25) is 5.88 Å². The second-order valence-electron chi connectivity index (χ2n) is 8.97. The molecule has 0 unspecified atom stereocenters. The molecule has 1 aliphatic heterocycles. The first-order valence-electron chi connectivity index (χ1n) is 11.4. The van der Waals surface area contributed by atoms with Gasteiger partial charge in [-0.05, 0) is 42.7 Å². The summed E-state index contributed by atoms with van der Waals surface area (Å²) >= 11 is 0. The van der Waals surface area contributed by atoms with Crippen molar-refractivity contribution in [2.24, 2.45) is 17.8 Å². The van der Waals surface area contributed by atoms with Crippen molar-refractivity contribution in [1.82, 2.24) is 10.3 Å². The van der Waals surface area contributed by atoms with E-state index in [2.05, 4.69) is 15.2 Å². The highest BCUT2D eigenvalue weighted by atomic mass is 19.1. The van der Waals surface area contributed by atoms with Crippen LogP contribution in [0.25, 0.3) is 0 Å². The third kappa shape index (κ3) is 6.52. The van der Waals surface area contributed by atoms with Gasteiger partial charge in [-0.15, -0.1) is 0 Å². The molecule has 3 atom stereocenters. The highest BCUT2D eigenvalue weighted by Gasteiger charge is 2.38. The Morgan fingerprint density at radius 3 is 2.72 bits per heavy atom. The summed E-state index contributed by atoms with van der Waals surface area (Å²) < 4.78 is 29.1. The van der Waals surface area contributed by atoms with Crippen LogP contribution in [0.2, 0.25) is 0 Å². The van der Waals surface area contributed by atoms with Crippen LogP contribution in [0.4, 0.5) is 10.1 Å². The zero-order valence-corrected chi connectivity index (χ0v) is 19.3. The maximum Gasteiger partial charge on any atom is 0.270 e. The standard InChI is InChI=1S/C23H36FN3O5/c1-15(2)20(12-28)25-22(29)19-5-6-21(27-10-18(11-27)30-3)23(26-19)32-14-17-9-16(17)13-31-8-4-7-24/h5-6,15-18,20,28H,4,7-14H2,1-3H3,(H,25,29)/t16-,17+,20-/m1/s1. The number of anilines is 1. The minimum Gasteiger partial charge on any atom is -0.476 e. The molecule has 0 radical (unpaired) electrons. The van der Waals surface area contributed by atoms with Gasteiger partial charge in [0.15, 0.2) is 0 Å². The van der Waals surface area contributed by atoms with Crippen LogP contribution >= 0.6 is 0 Å². The molecule has 0 spiro atoms. The molecule has 1 aromatic heterocycles. The van der Waals surface area contributed by atoms with Crippen molar-refractivity contribution >= 4 is 11.6 Å². The lowest BCUT2D eigenvalue weighted by molar-refractivity contribution is 0.0781. The Kier molecular flexibility index (Phi) is 9.07. The van der Waals surface area contributed by atoms with Gasteiger partial charge in [-0.2, -0.15) is 0 Å². The monoisotopic (exact) mass is 453 g/mol. The number of halogens is 1. The van der Waals surface area contributed by atoms with Crippen LogP contribution < -0.4 is 15.0 Å². The maximum atomic E-state index is 12.7. The van der Waals surface area contributed by atoms with Crippen molar-refractivity contribution < 1.29 is 28.5 Å². The molecule has 2 aliphatic rings. The summed E-state index contributed by atoms with van der Waals surface area (Å²) in [6, 6.07) is 3.21. The number of aliphatic hydroxyl groups excluding tert-OH is 1. The van der Waals surface area contributed by atoms with Gasteiger partial charge < -0.3 is 29.5 Å². The fourth-order valence-corrected chi connectivity index (χ4v) is 3.65. The summed E-state index contributed by atoms with van der Waals surface area (Å²) in [6.45, 7) is 6.45. The molecule has 1 amide bonds. The average molecular weight is 454 g/mol. The summed E-state index contributed by atoms with van der Waals surface area (Å²) in [6.07, 6.45) is 1.62. The molecule has 1 saturated carbocycles. The van der Waals surface area contributed by atoms with Crippen molar-refractivity contribution in [3.8, 4) is 5.88 Å². The number of aliphatic hydroxyl groups is 1. The number of hydrogen-bond donors (Lipinski definition) is 2. The lowest BCUT2D eigenvalue weighted by atomic mass is 10.1. The van der Waals surface area contributed by atoms with Crippen LogP contribution in [-0.2, 0) is 9.47 Å². The molecule has 1 saturated heterocycles. The molecular formula is C23H36FN3O5. The molecule has 180 valence electrons. The Morgan fingerprint density at radius 2 is 2.06 bits per heavy atom. The van der Waals surface area contributed by atoms with E-state index >= 15 is 0 Å². The van der Waals surface area contributed by atoms with Crippen molar-refractivity contribution in [2.75, 3.05) is 58.2 Å². The van der Waals surface area contributed by atoms with Crippen LogP contribution in [0, 0.1) is 17.8 Å². The van der Waals surface area contributed by atoms with Gasteiger partial charge in [-0.1, -0.05) is 13.8 Å². The molecule has 32 heavy (non-hydrogen) atoms. The van der Waals surface area contributed by atoms with Crippen molar-refractivity contribution in [3.05, 3.63) is 17.8 Å². The number of nitrogens with one attached hydrogen (secondary N) is 1. The highest BCUT2D eigenvalue weighted by molar-refractivity contribution is 5.93. The summed E-state index contributed by atoms with van der Waals surface area (Å²) in [5.41, 5.74) is 1.10. The second-order valence-corrected chi connectivity index (χ2v) is 8.97. The predicted octanol–water partition coefficient (Wildman–Crippen LogP) is 2.05. The van der Waals surface area contributed by atoms with E-state index in [1.165, 1.54) is 0 Å². The molecule has 2 heterocycles. The van der Waals surface area contributed by atoms with Gasteiger partial charge in [0, 0.05) is 33.4 Å². The van der Waals surface area contributed by atoms with E-state index in [4.69, 9.17) is 14.2 Å². The van der Waals surface area contributed by atoms with Gasteiger partial charge in [-0.3, -0.25) is 9.18 Å².